The van der Waals surface area contributed by atoms with Gasteiger partial charge < -0.3 is 4.42 Å². The number of hydrogen-bond donors (Lipinski definition) is 0. The van der Waals surface area contributed by atoms with Gasteiger partial charge in [0.15, 0.2) is 17.5 Å². The van der Waals surface area contributed by atoms with E-state index in [-0.39, 0.29) is 0 Å². The van der Waals surface area contributed by atoms with Gasteiger partial charge in [-0.3, -0.25) is 0 Å². The van der Waals surface area contributed by atoms with Crippen molar-refractivity contribution < 1.29 is 4.42 Å². The maximum absolute atomic E-state index is 6.49. The van der Waals surface area contributed by atoms with Gasteiger partial charge in [-0.1, -0.05) is 176 Å². The lowest BCUT2D eigenvalue weighted by molar-refractivity contribution is 0.669. The molecule has 5 nitrogen and oxygen atoms in total. The molecule has 276 valence electrons. The maximum Gasteiger partial charge on any atom is 0.163 e. The first-order chi connectivity index (χ1) is 29.2. The van der Waals surface area contributed by atoms with Crippen LogP contribution >= 0.6 is 11.3 Å². The van der Waals surface area contributed by atoms with Crippen LogP contribution < -0.4 is 0 Å². The van der Waals surface area contributed by atoms with E-state index in [0.717, 1.165) is 92.8 Å². The molecule has 59 heavy (non-hydrogen) atoms. The molecule has 1 atom stereocenters. The minimum Gasteiger partial charge on any atom is -0.456 e. The Morgan fingerprint density at radius 1 is 0.373 bits per heavy atom. The average Bonchev–Trinajstić information content (AvgIpc) is 3.93. The van der Waals surface area contributed by atoms with Crippen molar-refractivity contribution in [2.24, 2.45) is 0 Å². The van der Waals surface area contributed by atoms with Crippen LogP contribution in [0, 0.1) is 0 Å². The lowest BCUT2D eigenvalue weighted by Crippen LogP contribution is -2.34. The molecule has 1 unspecified atom stereocenters. The Balaban J connectivity index is 1.20. The van der Waals surface area contributed by atoms with Gasteiger partial charge in [-0.15, -0.1) is 11.3 Å². The lowest BCUT2D eigenvalue weighted by Gasteiger charge is -2.35. The second kappa shape index (κ2) is 13.3. The van der Waals surface area contributed by atoms with Gasteiger partial charge in [0.05, 0.1) is 15.6 Å². The van der Waals surface area contributed by atoms with Gasteiger partial charge in [0.25, 0.3) is 0 Å². The van der Waals surface area contributed by atoms with Crippen LogP contribution in [0.3, 0.4) is 0 Å². The molecule has 11 aromatic rings. The topological polar surface area (TPSA) is 64.7 Å². The number of hydrogen-bond acceptors (Lipinski definition) is 6. The van der Waals surface area contributed by atoms with Gasteiger partial charge in [0.1, 0.15) is 21.6 Å². The highest BCUT2D eigenvalue weighted by Crippen LogP contribution is 2.47. The van der Waals surface area contributed by atoms with Gasteiger partial charge in [0.2, 0.25) is 0 Å². The zero-order valence-corrected chi connectivity index (χ0v) is 32.4. The summed E-state index contributed by atoms with van der Waals surface area (Å²) < 4.78 is 7.60. The Bertz CT molecular complexity index is 3340. The van der Waals surface area contributed by atoms with E-state index in [1.54, 1.807) is 11.3 Å². The second-order valence-electron chi connectivity index (χ2n) is 15.0. The van der Waals surface area contributed by atoms with Crippen molar-refractivity contribution in [3.05, 3.63) is 217 Å². The van der Waals surface area contributed by atoms with Crippen molar-refractivity contribution in [3.63, 3.8) is 0 Å². The standard InChI is InChI=1S/C53H32N4OS/c1-4-11-33(12-5-1)34-23-27-40(28-24-34)53(39-15-8-3-9-16-39)41-29-25-38(26-30-41)51-54-48-45(59-51)32-31-44-47(48)46-42(17-10-18-43(46)58-44)35-19-21-37(22-20-35)50-55-49(56-52(53)57-50)36-13-6-2-7-14-36/h1-32H. The minimum atomic E-state index is -0.942. The zero-order chi connectivity index (χ0) is 38.9. The highest BCUT2D eigenvalue weighted by molar-refractivity contribution is 7.21. The molecule has 6 heteroatoms. The molecule has 0 saturated carbocycles. The van der Waals surface area contributed by atoms with Gasteiger partial charge in [-0.25, -0.2) is 19.9 Å². The van der Waals surface area contributed by atoms with Gasteiger partial charge in [-0.05, 0) is 57.1 Å². The predicted octanol–water partition coefficient (Wildman–Crippen LogP) is 13.4. The van der Waals surface area contributed by atoms with Crippen LogP contribution in [0.2, 0.25) is 0 Å². The summed E-state index contributed by atoms with van der Waals surface area (Å²) in [5.41, 5.74) is 12.1. The van der Waals surface area contributed by atoms with Gasteiger partial charge in [0, 0.05) is 22.1 Å². The van der Waals surface area contributed by atoms with Crippen LogP contribution in [-0.2, 0) is 5.41 Å². The molecule has 0 fully saturated rings. The molecule has 0 aliphatic carbocycles. The maximum atomic E-state index is 6.49. The third kappa shape index (κ3) is 5.30. The van der Waals surface area contributed by atoms with Crippen LogP contribution in [-0.4, -0.2) is 19.9 Å². The Hall–Kier alpha value is -7.54. The van der Waals surface area contributed by atoms with Crippen LogP contribution in [0.4, 0.5) is 0 Å². The fraction of sp³-hybridized carbons (Fsp3) is 0.0189. The summed E-state index contributed by atoms with van der Waals surface area (Å²) in [7, 11) is 0. The summed E-state index contributed by atoms with van der Waals surface area (Å²) in [6.07, 6.45) is 0. The Labute approximate surface area is 344 Å². The molecule has 0 radical (unpaired) electrons. The van der Waals surface area contributed by atoms with Crippen LogP contribution in [0.5, 0.6) is 0 Å². The SMILES string of the molecule is c1ccc(-c2ccc(C3(c4ccccc4)c4ccc(cc4)-c4nc5c(ccc6oc7cccc(c7c65)-c5ccc(cc5)-c5nc(-c6ccccc6)nc3n5)s4)cc2)cc1. The Kier molecular flexibility index (Phi) is 7.55. The van der Waals surface area contributed by atoms with E-state index in [4.69, 9.17) is 24.4 Å². The first-order valence-electron chi connectivity index (χ1n) is 19.7. The van der Waals surface area contributed by atoms with Crippen molar-refractivity contribution in [1.82, 2.24) is 19.9 Å². The van der Waals surface area contributed by atoms with Crippen molar-refractivity contribution >= 4 is 43.5 Å². The highest BCUT2D eigenvalue weighted by Gasteiger charge is 2.42. The molecule has 4 aliphatic heterocycles. The lowest BCUT2D eigenvalue weighted by atomic mass is 9.68. The molecule has 0 N–H and O–H groups in total. The van der Waals surface area contributed by atoms with Gasteiger partial charge in [-0.2, -0.15) is 0 Å². The molecule has 0 spiro atoms. The minimum absolute atomic E-state index is 0.599. The van der Waals surface area contributed by atoms with Crippen molar-refractivity contribution in [2.75, 3.05) is 0 Å². The monoisotopic (exact) mass is 772 g/mol. The smallest absolute Gasteiger partial charge is 0.163 e. The molecule has 4 aliphatic rings. The summed E-state index contributed by atoms with van der Waals surface area (Å²) in [6, 6.07) is 68.1. The predicted molar refractivity (Wildman–Crippen MR) is 239 cm³/mol. The molecular formula is C53H32N4OS. The molecular weight excluding hydrogens is 741 g/mol. The van der Waals surface area contributed by atoms with Crippen molar-refractivity contribution in [3.8, 4) is 55.6 Å². The van der Waals surface area contributed by atoms with Crippen LogP contribution in [0.15, 0.2) is 199 Å². The van der Waals surface area contributed by atoms with E-state index in [1.165, 1.54) is 0 Å². The van der Waals surface area contributed by atoms with E-state index in [0.29, 0.717) is 17.5 Å². The molecule has 8 aromatic carbocycles. The van der Waals surface area contributed by atoms with Crippen LogP contribution in [0.25, 0.3) is 87.8 Å². The Morgan fingerprint density at radius 2 is 0.898 bits per heavy atom. The molecule has 3 aromatic heterocycles. The summed E-state index contributed by atoms with van der Waals surface area (Å²) in [5, 5.41) is 3.05. The first-order valence-corrected chi connectivity index (χ1v) is 20.5. The van der Waals surface area contributed by atoms with E-state index in [2.05, 4.69) is 164 Å². The van der Waals surface area contributed by atoms with Crippen LogP contribution in [0.1, 0.15) is 22.5 Å². The zero-order valence-electron chi connectivity index (χ0n) is 31.6. The van der Waals surface area contributed by atoms with E-state index < -0.39 is 5.41 Å². The Morgan fingerprint density at radius 3 is 1.58 bits per heavy atom. The average molecular weight is 773 g/mol. The van der Waals surface area contributed by atoms with E-state index in [9.17, 15) is 0 Å². The highest BCUT2D eigenvalue weighted by atomic mass is 32.1. The number of furan rings is 1. The second-order valence-corrected chi connectivity index (χ2v) is 16.0. The number of benzene rings is 8. The van der Waals surface area contributed by atoms with E-state index >= 15 is 0 Å². The van der Waals surface area contributed by atoms with Gasteiger partial charge >= 0.3 is 0 Å². The quantitative estimate of drug-likeness (QED) is 0.178. The number of thiazole rings is 1. The third-order valence-electron chi connectivity index (χ3n) is 11.7. The summed E-state index contributed by atoms with van der Waals surface area (Å²) in [6.45, 7) is 0. The summed E-state index contributed by atoms with van der Waals surface area (Å²) in [4.78, 5) is 21.5. The molecule has 15 rings (SSSR count). The fourth-order valence-electron chi connectivity index (χ4n) is 8.83. The summed E-state index contributed by atoms with van der Waals surface area (Å²) >= 11 is 1.70. The normalized spacial score (nSPS) is 14.5. The fourth-order valence-corrected chi connectivity index (χ4v) is 9.81. The van der Waals surface area contributed by atoms with Crippen molar-refractivity contribution in [1.29, 1.82) is 0 Å². The number of aromatic nitrogens is 4. The largest absolute Gasteiger partial charge is 0.456 e. The third-order valence-corrected chi connectivity index (χ3v) is 12.7. The molecule has 0 saturated heterocycles. The first kappa shape index (κ1) is 33.6. The van der Waals surface area contributed by atoms with Crippen molar-refractivity contribution in [2.45, 2.75) is 5.41 Å². The number of nitrogens with zero attached hydrogens (tertiary/aromatic N) is 4. The molecule has 8 bridgehead atoms. The van der Waals surface area contributed by atoms with E-state index in [1.807, 2.05) is 30.3 Å². The molecule has 0 amide bonds. The molecule has 7 heterocycles. The number of rotatable bonds is 4. The summed E-state index contributed by atoms with van der Waals surface area (Å²) in [5.74, 6) is 1.84.